The third-order valence-electron chi connectivity index (χ3n) is 5.09. The van der Waals surface area contributed by atoms with Crippen molar-refractivity contribution < 1.29 is 4.79 Å². The van der Waals surface area contributed by atoms with E-state index in [1.54, 1.807) is 6.08 Å². The summed E-state index contributed by atoms with van der Waals surface area (Å²) in [5, 5.41) is 9.73. The standard InChI is InChI=1S/C22H22N2O/c1-4-18(14-23)22(16(2)3)19-12-8-9-13-20(19)24(21(22)25)15-17-10-6-5-7-11-17/h4-13,16H,15H2,1-3H3/b18-4+. The van der Waals surface area contributed by atoms with Crippen LogP contribution in [-0.4, -0.2) is 5.91 Å². The molecular formula is C22H22N2O. The van der Waals surface area contributed by atoms with E-state index >= 15 is 0 Å². The average molecular weight is 330 g/mol. The number of amides is 1. The number of carbonyl (C=O) groups is 1. The highest BCUT2D eigenvalue weighted by Crippen LogP contribution is 2.50. The lowest BCUT2D eigenvalue weighted by Gasteiger charge is -2.32. The molecule has 0 N–H and O–H groups in total. The van der Waals surface area contributed by atoms with Gasteiger partial charge in [-0.15, -0.1) is 0 Å². The summed E-state index contributed by atoms with van der Waals surface area (Å²) in [5.74, 6) is -0.0324. The van der Waals surface area contributed by atoms with Crippen molar-refractivity contribution in [3.63, 3.8) is 0 Å². The van der Waals surface area contributed by atoms with Crippen molar-refractivity contribution in [2.24, 2.45) is 5.92 Å². The van der Waals surface area contributed by atoms with Gasteiger partial charge in [0.1, 0.15) is 5.41 Å². The molecule has 1 heterocycles. The molecule has 3 heteroatoms. The minimum absolute atomic E-state index is 0.0118. The van der Waals surface area contributed by atoms with E-state index in [1.807, 2.05) is 80.3 Å². The second-order valence-corrected chi connectivity index (χ2v) is 6.67. The van der Waals surface area contributed by atoms with E-state index < -0.39 is 5.41 Å². The van der Waals surface area contributed by atoms with Crippen LogP contribution in [0.3, 0.4) is 0 Å². The van der Waals surface area contributed by atoms with E-state index in [-0.39, 0.29) is 11.8 Å². The molecule has 0 bridgehead atoms. The molecular weight excluding hydrogens is 308 g/mol. The van der Waals surface area contributed by atoms with Crippen molar-refractivity contribution in [1.82, 2.24) is 0 Å². The highest BCUT2D eigenvalue weighted by atomic mass is 16.2. The third-order valence-corrected chi connectivity index (χ3v) is 5.09. The molecule has 1 amide bonds. The summed E-state index contributed by atoms with van der Waals surface area (Å²) in [6, 6.07) is 20.1. The van der Waals surface area contributed by atoms with Crippen LogP contribution in [0.15, 0.2) is 66.2 Å². The molecule has 2 aromatic carbocycles. The minimum Gasteiger partial charge on any atom is -0.307 e. The van der Waals surface area contributed by atoms with Crippen LogP contribution in [0.4, 0.5) is 5.69 Å². The number of carbonyl (C=O) groups excluding carboxylic acids is 1. The van der Waals surface area contributed by atoms with Gasteiger partial charge in [-0.3, -0.25) is 4.79 Å². The summed E-state index contributed by atoms with van der Waals surface area (Å²) in [5.41, 5.74) is 2.52. The maximum Gasteiger partial charge on any atom is 0.243 e. The van der Waals surface area contributed by atoms with Crippen LogP contribution in [0.2, 0.25) is 0 Å². The zero-order valence-electron chi connectivity index (χ0n) is 14.9. The largest absolute Gasteiger partial charge is 0.307 e. The SMILES string of the molecule is C/C=C(\C#N)C1(C(C)C)C(=O)N(Cc2ccccc2)c2ccccc21. The number of para-hydroxylation sites is 1. The van der Waals surface area contributed by atoms with Crippen molar-refractivity contribution in [2.75, 3.05) is 4.90 Å². The Labute approximate surface area is 149 Å². The van der Waals surface area contributed by atoms with Crippen LogP contribution in [-0.2, 0) is 16.8 Å². The molecule has 3 rings (SSSR count). The Morgan fingerprint density at radius 3 is 2.40 bits per heavy atom. The lowest BCUT2D eigenvalue weighted by atomic mass is 9.67. The first-order chi connectivity index (χ1) is 12.1. The molecule has 0 aliphatic carbocycles. The van der Waals surface area contributed by atoms with Gasteiger partial charge >= 0.3 is 0 Å². The molecule has 1 aliphatic heterocycles. The van der Waals surface area contributed by atoms with E-state index in [0.29, 0.717) is 12.1 Å². The number of benzene rings is 2. The van der Waals surface area contributed by atoms with Gasteiger partial charge in [-0.2, -0.15) is 5.26 Å². The maximum atomic E-state index is 13.6. The van der Waals surface area contributed by atoms with Crippen LogP contribution in [0, 0.1) is 17.2 Å². The summed E-state index contributed by atoms with van der Waals surface area (Å²) >= 11 is 0. The lowest BCUT2D eigenvalue weighted by molar-refractivity contribution is -0.123. The Bertz CT molecular complexity index is 861. The molecule has 0 aromatic heterocycles. The van der Waals surface area contributed by atoms with E-state index in [9.17, 15) is 10.1 Å². The monoisotopic (exact) mass is 330 g/mol. The quantitative estimate of drug-likeness (QED) is 0.769. The molecule has 2 aromatic rings. The van der Waals surface area contributed by atoms with Crippen LogP contribution < -0.4 is 4.90 Å². The van der Waals surface area contributed by atoms with Crippen molar-refractivity contribution in [3.05, 3.63) is 77.4 Å². The summed E-state index contributed by atoms with van der Waals surface area (Å²) in [4.78, 5) is 15.4. The Morgan fingerprint density at radius 1 is 1.16 bits per heavy atom. The number of allylic oxidation sites excluding steroid dienone is 1. The van der Waals surface area contributed by atoms with E-state index in [2.05, 4.69) is 6.07 Å². The van der Waals surface area contributed by atoms with Gasteiger partial charge in [0.15, 0.2) is 0 Å². The fraction of sp³-hybridized carbons (Fsp3) is 0.273. The molecule has 1 aliphatic rings. The molecule has 0 radical (unpaired) electrons. The first kappa shape index (κ1) is 17.0. The van der Waals surface area contributed by atoms with Gasteiger partial charge in [0.2, 0.25) is 5.91 Å². The lowest BCUT2D eigenvalue weighted by Crippen LogP contribution is -2.45. The highest BCUT2D eigenvalue weighted by molar-refractivity contribution is 6.11. The Balaban J connectivity index is 2.20. The number of hydrogen-bond acceptors (Lipinski definition) is 2. The molecule has 0 saturated carbocycles. The first-order valence-corrected chi connectivity index (χ1v) is 8.59. The molecule has 0 fully saturated rings. The van der Waals surface area contributed by atoms with Crippen molar-refractivity contribution in [3.8, 4) is 6.07 Å². The van der Waals surface area contributed by atoms with Gasteiger partial charge in [-0.1, -0.05) is 68.5 Å². The predicted molar refractivity (Wildman–Crippen MR) is 100.0 cm³/mol. The minimum atomic E-state index is -0.908. The number of rotatable bonds is 4. The topological polar surface area (TPSA) is 44.1 Å². The molecule has 0 saturated heterocycles. The van der Waals surface area contributed by atoms with E-state index in [1.165, 1.54) is 0 Å². The molecule has 3 nitrogen and oxygen atoms in total. The van der Waals surface area contributed by atoms with Gasteiger partial charge in [0, 0.05) is 11.3 Å². The summed E-state index contributed by atoms with van der Waals surface area (Å²) in [6.45, 7) is 6.37. The molecule has 0 spiro atoms. The summed E-state index contributed by atoms with van der Waals surface area (Å²) in [6.07, 6.45) is 1.78. The van der Waals surface area contributed by atoms with Gasteiger partial charge in [0.25, 0.3) is 0 Å². The Kier molecular flexibility index (Phi) is 4.46. The maximum absolute atomic E-state index is 13.6. The summed E-state index contributed by atoms with van der Waals surface area (Å²) < 4.78 is 0. The van der Waals surface area contributed by atoms with E-state index in [4.69, 9.17) is 0 Å². The van der Waals surface area contributed by atoms with Crippen LogP contribution in [0.25, 0.3) is 0 Å². The number of nitriles is 1. The first-order valence-electron chi connectivity index (χ1n) is 8.59. The summed E-state index contributed by atoms with van der Waals surface area (Å²) in [7, 11) is 0. The van der Waals surface area contributed by atoms with Crippen LogP contribution >= 0.6 is 0 Å². The van der Waals surface area contributed by atoms with Gasteiger partial charge in [-0.05, 0) is 30.0 Å². The predicted octanol–water partition coefficient (Wildman–Crippen LogP) is 4.60. The smallest absolute Gasteiger partial charge is 0.243 e. The Morgan fingerprint density at radius 2 is 1.80 bits per heavy atom. The number of fused-ring (bicyclic) bond motifs is 1. The fourth-order valence-electron chi connectivity index (χ4n) is 3.91. The Hall–Kier alpha value is -2.86. The highest BCUT2D eigenvalue weighted by Gasteiger charge is 2.55. The normalized spacial score (nSPS) is 19.9. The molecule has 25 heavy (non-hydrogen) atoms. The number of hydrogen-bond donors (Lipinski definition) is 0. The van der Waals surface area contributed by atoms with Gasteiger partial charge in [0.05, 0.1) is 12.6 Å². The molecule has 1 atom stereocenters. The average Bonchev–Trinajstić information content (AvgIpc) is 2.87. The van der Waals surface area contributed by atoms with Crippen molar-refractivity contribution >= 4 is 11.6 Å². The van der Waals surface area contributed by atoms with E-state index in [0.717, 1.165) is 16.8 Å². The van der Waals surface area contributed by atoms with Crippen molar-refractivity contribution in [2.45, 2.75) is 32.7 Å². The van der Waals surface area contributed by atoms with Gasteiger partial charge in [-0.25, -0.2) is 0 Å². The van der Waals surface area contributed by atoms with Crippen LogP contribution in [0.1, 0.15) is 31.9 Å². The third kappa shape index (κ3) is 2.46. The number of anilines is 1. The van der Waals surface area contributed by atoms with Crippen LogP contribution in [0.5, 0.6) is 0 Å². The zero-order chi connectivity index (χ0) is 18.0. The number of nitrogens with zero attached hydrogens (tertiary/aromatic N) is 2. The second-order valence-electron chi connectivity index (χ2n) is 6.67. The fourth-order valence-corrected chi connectivity index (χ4v) is 3.91. The van der Waals surface area contributed by atoms with Gasteiger partial charge < -0.3 is 4.90 Å². The molecule has 126 valence electrons. The van der Waals surface area contributed by atoms with Crippen molar-refractivity contribution in [1.29, 1.82) is 5.26 Å². The molecule has 1 unspecified atom stereocenters. The second kappa shape index (κ2) is 6.57. The zero-order valence-corrected chi connectivity index (χ0v) is 14.9.